The third kappa shape index (κ3) is 7.99. The minimum Gasteiger partial charge on any atom is -0.382 e. The van der Waals surface area contributed by atoms with Gasteiger partial charge in [0.2, 0.25) is 5.95 Å². The molecule has 0 saturated carbocycles. The molecule has 3 heterocycles. The Morgan fingerprint density at radius 1 is 1.05 bits per heavy atom. The van der Waals surface area contributed by atoms with Crippen molar-refractivity contribution in [3.8, 4) is 0 Å². The van der Waals surface area contributed by atoms with Crippen LogP contribution in [0.2, 0.25) is 0 Å². The van der Waals surface area contributed by atoms with Crippen molar-refractivity contribution in [3.63, 3.8) is 0 Å². The number of anilines is 2. The maximum Gasteiger partial charge on any atom is 0.423 e. The molecular weight excluding hydrogens is 544 g/mol. The van der Waals surface area contributed by atoms with E-state index in [9.17, 15) is 41.0 Å². The number of aliphatic hydroxyl groups is 1. The first-order chi connectivity index (χ1) is 18.3. The van der Waals surface area contributed by atoms with Gasteiger partial charge in [-0.1, -0.05) is 0 Å². The second-order valence-corrected chi connectivity index (χ2v) is 8.42. The monoisotopic (exact) mass is 569 g/mol. The molecule has 0 spiro atoms. The highest BCUT2D eigenvalue weighted by molar-refractivity contribution is 5.81. The van der Waals surface area contributed by atoms with Crippen LogP contribution in [0.1, 0.15) is 11.1 Å². The van der Waals surface area contributed by atoms with E-state index in [1.54, 1.807) is 10.00 Å². The minimum absolute atomic E-state index is 0.0694. The summed E-state index contributed by atoms with van der Waals surface area (Å²) >= 11 is 0. The molecule has 1 saturated heterocycles. The van der Waals surface area contributed by atoms with Crippen LogP contribution in [0.25, 0.3) is 0 Å². The number of halogens is 6. The van der Waals surface area contributed by atoms with Gasteiger partial charge in [0, 0.05) is 45.7 Å². The van der Waals surface area contributed by atoms with Gasteiger partial charge in [-0.2, -0.15) is 31.4 Å². The molecule has 3 N–H and O–H groups in total. The van der Waals surface area contributed by atoms with E-state index in [4.69, 9.17) is 9.47 Å². The molecule has 1 aliphatic rings. The number of aromatic nitrogens is 4. The zero-order valence-electron chi connectivity index (χ0n) is 20.4. The number of H-pyrrole nitrogens is 1. The normalized spacial score (nSPS) is 16.2. The number of piperazine rings is 1. The van der Waals surface area contributed by atoms with Gasteiger partial charge in [-0.15, -0.1) is 0 Å². The lowest BCUT2D eigenvalue weighted by molar-refractivity contribution is -0.144. The lowest BCUT2D eigenvalue weighted by atomic mass is 10.2. The van der Waals surface area contributed by atoms with Gasteiger partial charge in [-0.05, 0) is 0 Å². The number of nitrogens with zero attached hydrogens (tertiary/aromatic N) is 5. The summed E-state index contributed by atoms with van der Waals surface area (Å²) in [6, 6.07) is -0.894. The molecule has 0 bridgehead atoms. The summed E-state index contributed by atoms with van der Waals surface area (Å²) in [7, 11) is 1.29. The van der Waals surface area contributed by atoms with Crippen molar-refractivity contribution in [2.24, 2.45) is 0 Å². The highest BCUT2D eigenvalue weighted by Gasteiger charge is 2.38. The lowest BCUT2D eigenvalue weighted by Gasteiger charge is -2.35. The number of carbonyl (C=O) groups excluding carboxylic acids is 1. The Labute approximate surface area is 216 Å². The first kappa shape index (κ1) is 30.0. The Hall–Kier alpha value is -3.51. The van der Waals surface area contributed by atoms with E-state index >= 15 is 0 Å². The Morgan fingerprint density at radius 2 is 1.69 bits per heavy atom. The number of carbonyl (C=O) groups is 1. The van der Waals surface area contributed by atoms with Crippen molar-refractivity contribution in [1.29, 1.82) is 0 Å². The molecule has 0 radical (unpaired) electrons. The number of methoxy groups -OCH3 is 1. The van der Waals surface area contributed by atoms with E-state index < -0.39 is 59.4 Å². The molecule has 0 aliphatic carbocycles. The molecule has 1 aliphatic heterocycles. The predicted molar refractivity (Wildman–Crippen MR) is 122 cm³/mol. The number of rotatable bonds is 10. The molecule has 1 amide bonds. The molecular formula is C21H25F6N7O5. The average Bonchev–Trinajstić information content (AvgIpc) is 2.87. The SMILES string of the molecule is COCC(COCC(O)C(=O)N1CCN(c2ncc(C(F)(F)F)cn2)CC1)Nc1cn[nH]c(=O)c1C(F)(F)F. The largest absolute Gasteiger partial charge is 0.423 e. The molecule has 3 rings (SSSR count). The molecule has 1 fully saturated rings. The highest BCUT2D eigenvalue weighted by Crippen LogP contribution is 2.31. The van der Waals surface area contributed by atoms with Gasteiger partial charge in [0.1, 0.15) is 5.56 Å². The van der Waals surface area contributed by atoms with E-state index in [1.807, 2.05) is 0 Å². The number of alkyl halides is 6. The number of aromatic amines is 1. The van der Waals surface area contributed by atoms with E-state index in [0.717, 1.165) is 6.20 Å². The van der Waals surface area contributed by atoms with Crippen LogP contribution in [0.4, 0.5) is 38.0 Å². The van der Waals surface area contributed by atoms with Crippen molar-refractivity contribution >= 4 is 17.5 Å². The zero-order chi connectivity index (χ0) is 28.8. The maximum atomic E-state index is 13.3. The zero-order valence-corrected chi connectivity index (χ0v) is 20.4. The lowest BCUT2D eigenvalue weighted by Crippen LogP contribution is -2.52. The van der Waals surface area contributed by atoms with Gasteiger partial charge in [0.05, 0.1) is 43.3 Å². The van der Waals surface area contributed by atoms with Gasteiger partial charge in [0.15, 0.2) is 6.10 Å². The number of ether oxygens (including phenoxy) is 2. The first-order valence-electron chi connectivity index (χ1n) is 11.4. The Kier molecular flexibility index (Phi) is 9.68. The summed E-state index contributed by atoms with van der Waals surface area (Å²) in [5, 5.41) is 17.8. The third-order valence-electron chi connectivity index (χ3n) is 5.59. The summed E-state index contributed by atoms with van der Waals surface area (Å²) in [5.74, 6) is -0.600. The van der Waals surface area contributed by atoms with E-state index in [-0.39, 0.29) is 45.3 Å². The molecule has 18 heteroatoms. The number of hydrogen-bond acceptors (Lipinski definition) is 10. The minimum atomic E-state index is -4.96. The van der Waals surface area contributed by atoms with Crippen molar-refractivity contribution < 1.29 is 45.7 Å². The Morgan fingerprint density at radius 3 is 2.26 bits per heavy atom. The molecule has 216 valence electrons. The topological polar surface area (TPSA) is 146 Å². The first-order valence-corrected chi connectivity index (χ1v) is 11.4. The van der Waals surface area contributed by atoms with Crippen LogP contribution in [-0.2, 0) is 26.6 Å². The summed E-state index contributed by atoms with van der Waals surface area (Å²) in [5.41, 5.74) is -4.49. The molecule has 39 heavy (non-hydrogen) atoms. The Bertz CT molecular complexity index is 1150. The fraction of sp³-hybridized carbons (Fsp3) is 0.571. The van der Waals surface area contributed by atoms with Crippen molar-refractivity contribution in [2.75, 3.05) is 63.3 Å². The van der Waals surface area contributed by atoms with Crippen LogP contribution in [0, 0.1) is 0 Å². The fourth-order valence-corrected chi connectivity index (χ4v) is 3.70. The maximum absolute atomic E-state index is 13.3. The van der Waals surface area contributed by atoms with Gasteiger partial charge >= 0.3 is 12.4 Å². The van der Waals surface area contributed by atoms with Crippen LogP contribution in [0.15, 0.2) is 23.4 Å². The van der Waals surface area contributed by atoms with Crippen molar-refractivity contribution in [1.82, 2.24) is 25.1 Å². The summed E-state index contributed by atoms with van der Waals surface area (Å²) < 4.78 is 88.2. The van der Waals surface area contributed by atoms with Gasteiger partial charge in [0.25, 0.3) is 11.5 Å². The van der Waals surface area contributed by atoms with Crippen LogP contribution in [0.5, 0.6) is 0 Å². The smallest absolute Gasteiger partial charge is 0.382 e. The van der Waals surface area contributed by atoms with E-state index in [2.05, 4.69) is 20.4 Å². The van der Waals surface area contributed by atoms with E-state index in [1.165, 1.54) is 12.0 Å². The van der Waals surface area contributed by atoms with Gasteiger partial charge in [-0.25, -0.2) is 15.1 Å². The van der Waals surface area contributed by atoms with E-state index in [0.29, 0.717) is 12.4 Å². The number of amides is 1. The predicted octanol–water partition coefficient (Wildman–Crippen LogP) is 0.751. The second-order valence-electron chi connectivity index (χ2n) is 8.42. The number of aliphatic hydroxyl groups excluding tert-OH is 1. The molecule has 2 atom stereocenters. The standard InChI is InChI=1S/C21H25F6N7O5/c1-38-9-13(31-14-8-30-32-17(36)16(14)21(25,26)27)10-39-11-15(35)18(37)33-2-4-34(5-3-33)19-28-6-12(7-29-19)20(22,23)24/h6-8,13,15,35H,2-5,9-11H2,1H3,(H2,31,32,36). The average molecular weight is 569 g/mol. The summed E-state index contributed by atoms with van der Waals surface area (Å²) in [4.78, 5) is 34.6. The second kappa shape index (κ2) is 12.6. The van der Waals surface area contributed by atoms with Crippen LogP contribution in [-0.4, -0.2) is 101 Å². The third-order valence-corrected chi connectivity index (χ3v) is 5.59. The summed E-state index contributed by atoms with van der Waals surface area (Å²) in [6.07, 6.45) is -8.98. The molecule has 2 unspecified atom stereocenters. The number of hydrogen-bond donors (Lipinski definition) is 3. The van der Waals surface area contributed by atoms with Crippen molar-refractivity contribution in [2.45, 2.75) is 24.5 Å². The van der Waals surface area contributed by atoms with Crippen LogP contribution in [0.3, 0.4) is 0 Å². The quantitative estimate of drug-likeness (QED) is 0.351. The fourth-order valence-electron chi connectivity index (χ4n) is 3.70. The molecule has 12 nitrogen and oxygen atoms in total. The van der Waals surface area contributed by atoms with Crippen LogP contribution >= 0.6 is 0 Å². The van der Waals surface area contributed by atoms with Crippen LogP contribution < -0.4 is 15.8 Å². The van der Waals surface area contributed by atoms with Gasteiger partial charge in [-0.3, -0.25) is 9.59 Å². The Balaban J connectivity index is 1.50. The number of nitrogens with one attached hydrogen (secondary N) is 2. The van der Waals surface area contributed by atoms with Crippen molar-refractivity contribution in [3.05, 3.63) is 40.1 Å². The molecule has 2 aromatic heterocycles. The summed E-state index contributed by atoms with van der Waals surface area (Å²) in [6.45, 7) is -0.244. The molecule has 0 aromatic carbocycles. The highest BCUT2D eigenvalue weighted by atomic mass is 19.4. The van der Waals surface area contributed by atoms with Gasteiger partial charge < -0.3 is 29.7 Å². The molecule has 2 aromatic rings.